The number of halogens is 2. The maximum Gasteiger partial charge on any atom is 0.243 e. The normalized spacial score (nSPS) is 10.2. The van der Waals surface area contributed by atoms with Gasteiger partial charge in [-0.25, -0.2) is 0 Å². The summed E-state index contributed by atoms with van der Waals surface area (Å²) in [5, 5.41) is 6.72. The molecule has 0 radical (unpaired) electrons. The van der Waals surface area contributed by atoms with Gasteiger partial charge in [0.2, 0.25) is 5.91 Å². The number of carbonyl (C=O) groups is 1. The molecule has 23 heavy (non-hydrogen) atoms. The summed E-state index contributed by atoms with van der Waals surface area (Å²) in [6.07, 6.45) is 0.945. The van der Waals surface area contributed by atoms with E-state index in [2.05, 4.69) is 10.6 Å². The van der Waals surface area contributed by atoms with E-state index in [9.17, 15) is 4.79 Å². The Morgan fingerprint density at radius 3 is 2.78 bits per heavy atom. The number of amides is 1. The molecule has 0 atom stereocenters. The summed E-state index contributed by atoms with van der Waals surface area (Å²) >= 11 is 11.9. The van der Waals surface area contributed by atoms with Crippen molar-refractivity contribution in [3.8, 4) is 5.75 Å². The number of nitrogens with one attached hydrogen (secondary N) is 2. The number of benzene rings is 2. The van der Waals surface area contributed by atoms with Crippen molar-refractivity contribution in [2.75, 3.05) is 23.8 Å². The molecule has 2 rings (SSSR count). The fourth-order valence-electron chi connectivity index (χ4n) is 1.89. The monoisotopic (exact) mass is 352 g/mol. The number of hydrogen-bond donors (Lipinski definition) is 2. The molecule has 6 heteroatoms. The average molecular weight is 353 g/mol. The molecule has 2 aromatic rings. The van der Waals surface area contributed by atoms with E-state index in [1.54, 1.807) is 18.2 Å². The van der Waals surface area contributed by atoms with Crippen LogP contribution < -0.4 is 15.4 Å². The Hall–Kier alpha value is -1.91. The SMILES string of the molecule is CCCOc1cccc(NCC(=O)Nc2cc(Cl)ccc2Cl)c1. The van der Waals surface area contributed by atoms with Crippen molar-refractivity contribution in [2.45, 2.75) is 13.3 Å². The van der Waals surface area contributed by atoms with Crippen LogP contribution in [0.25, 0.3) is 0 Å². The molecule has 1 amide bonds. The Morgan fingerprint density at radius 1 is 1.17 bits per heavy atom. The van der Waals surface area contributed by atoms with Gasteiger partial charge in [-0.15, -0.1) is 0 Å². The molecule has 0 heterocycles. The van der Waals surface area contributed by atoms with Crippen LogP contribution in [0.4, 0.5) is 11.4 Å². The molecule has 0 saturated carbocycles. The molecule has 0 saturated heterocycles. The number of carbonyl (C=O) groups excluding carboxylic acids is 1. The lowest BCUT2D eigenvalue weighted by Gasteiger charge is -2.11. The second-order valence-electron chi connectivity index (χ2n) is 4.90. The molecule has 0 aliphatic heterocycles. The van der Waals surface area contributed by atoms with Gasteiger partial charge in [0.25, 0.3) is 0 Å². The first-order chi connectivity index (χ1) is 11.1. The van der Waals surface area contributed by atoms with Gasteiger partial charge in [0, 0.05) is 16.8 Å². The van der Waals surface area contributed by atoms with Crippen LogP contribution in [-0.4, -0.2) is 19.1 Å². The topological polar surface area (TPSA) is 50.4 Å². The van der Waals surface area contributed by atoms with E-state index in [4.69, 9.17) is 27.9 Å². The lowest BCUT2D eigenvalue weighted by atomic mass is 10.3. The van der Waals surface area contributed by atoms with Crippen LogP contribution >= 0.6 is 23.2 Å². The minimum Gasteiger partial charge on any atom is -0.494 e. The molecule has 2 N–H and O–H groups in total. The highest BCUT2D eigenvalue weighted by Gasteiger charge is 2.07. The van der Waals surface area contributed by atoms with E-state index >= 15 is 0 Å². The molecule has 0 spiro atoms. The van der Waals surface area contributed by atoms with Crippen LogP contribution in [0.15, 0.2) is 42.5 Å². The van der Waals surface area contributed by atoms with E-state index in [-0.39, 0.29) is 12.5 Å². The van der Waals surface area contributed by atoms with Gasteiger partial charge in [0.1, 0.15) is 5.75 Å². The zero-order valence-electron chi connectivity index (χ0n) is 12.7. The van der Waals surface area contributed by atoms with E-state index in [0.29, 0.717) is 22.3 Å². The third-order valence-corrected chi connectivity index (χ3v) is 3.53. The Kier molecular flexibility index (Phi) is 6.56. The van der Waals surface area contributed by atoms with Crippen LogP contribution in [0.3, 0.4) is 0 Å². The maximum absolute atomic E-state index is 12.0. The van der Waals surface area contributed by atoms with E-state index < -0.39 is 0 Å². The fourth-order valence-corrected chi connectivity index (χ4v) is 2.22. The lowest BCUT2D eigenvalue weighted by Crippen LogP contribution is -2.21. The van der Waals surface area contributed by atoms with Crippen LogP contribution in [-0.2, 0) is 4.79 Å². The number of hydrogen-bond acceptors (Lipinski definition) is 3. The Morgan fingerprint density at radius 2 is 2.00 bits per heavy atom. The van der Waals surface area contributed by atoms with Gasteiger partial charge in [-0.2, -0.15) is 0 Å². The van der Waals surface area contributed by atoms with Crippen LogP contribution in [0, 0.1) is 0 Å². The largest absolute Gasteiger partial charge is 0.494 e. The van der Waals surface area contributed by atoms with Gasteiger partial charge in [-0.05, 0) is 36.8 Å². The van der Waals surface area contributed by atoms with Crippen LogP contribution in [0.2, 0.25) is 10.0 Å². The van der Waals surface area contributed by atoms with Crippen molar-refractivity contribution in [3.05, 3.63) is 52.5 Å². The zero-order valence-corrected chi connectivity index (χ0v) is 14.2. The second kappa shape index (κ2) is 8.65. The van der Waals surface area contributed by atoms with Crippen molar-refractivity contribution in [3.63, 3.8) is 0 Å². The number of ether oxygens (including phenoxy) is 1. The Balaban J connectivity index is 1.90. The first kappa shape index (κ1) is 17.4. The summed E-state index contributed by atoms with van der Waals surface area (Å²) in [5.41, 5.74) is 1.30. The summed E-state index contributed by atoms with van der Waals surface area (Å²) in [6.45, 7) is 2.82. The molecule has 2 aromatic carbocycles. The lowest BCUT2D eigenvalue weighted by molar-refractivity contribution is -0.114. The smallest absolute Gasteiger partial charge is 0.243 e. The zero-order chi connectivity index (χ0) is 16.7. The molecule has 122 valence electrons. The number of rotatable bonds is 7. The van der Waals surface area contributed by atoms with Crippen molar-refractivity contribution in [1.82, 2.24) is 0 Å². The highest BCUT2D eigenvalue weighted by Crippen LogP contribution is 2.25. The highest BCUT2D eigenvalue weighted by atomic mass is 35.5. The van der Waals surface area contributed by atoms with Gasteiger partial charge in [-0.3, -0.25) is 4.79 Å². The molecular weight excluding hydrogens is 335 g/mol. The van der Waals surface area contributed by atoms with Gasteiger partial charge in [0.15, 0.2) is 0 Å². The van der Waals surface area contributed by atoms with E-state index in [1.165, 1.54) is 0 Å². The molecule has 0 aromatic heterocycles. The Bertz CT molecular complexity index is 677. The van der Waals surface area contributed by atoms with Crippen molar-refractivity contribution in [1.29, 1.82) is 0 Å². The van der Waals surface area contributed by atoms with Crippen molar-refractivity contribution < 1.29 is 9.53 Å². The van der Waals surface area contributed by atoms with E-state index in [0.717, 1.165) is 17.9 Å². The predicted octanol–water partition coefficient (Wildman–Crippen LogP) is 4.83. The molecule has 0 unspecified atom stereocenters. The van der Waals surface area contributed by atoms with E-state index in [1.807, 2.05) is 31.2 Å². The quantitative estimate of drug-likeness (QED) is 0.749. The van der Waals surface area contributed by atoms with Crippen molar-refractivity contribution >= 4 is 40.5 Å². The fraction of sp³-hybridized carbons (Fsp3) is 0.235. The van der Waals surface area contributed by atoms with Gasteiger partial charge in [0.05, 0.1) is 23.9 Å². The summed E-state index contributed by atoms with van der Waals surface area (Å²) in [6, 6.07) is 12.4. The molecular formula is C17H18Cl2N2O2. The summed E-state index contributed by atoms with van der Waals surface area (Å²) in [5.74, 6) is 0.559. The van der Waals surface area contributed by atoms with Crippen molar-refractivity contribution in [2.24, 2.45) is 0 Å². The molecule has 0 bridgehead atoms. The molecule has 0 aliphatic rings. The van der Waals surface area contributed by atoms with Gasteiger partial charge < -0.3 is 15.4 Å². The number of anilines is 2. The highest BCUT2D eigenvalue weighted by molar-refractivity contribution is 6.35. The first-order valence-corrected chi connectivity index (χ1v) is 8.05. The third-order valence-electron chi connectivity index (χ3n) is 2.96. The predicted molar refractivity (Wildman–Crippen MR) is 95.8 cm³/mol. The van der Waals surface area contributed by atoms with Crippen LogP contribution in [0.5, 0.6) is 5.75 Å². The van der Waals surface area contributed by atoms with Gasteiger partial charge in [-0.1, -0.05) is 36.2 Å². The maximum atomic E-state index is 12.0. The standard InChI is InChI=1S/C17H18Cl2N2O2/c1-2-8-23-14-5-3-4-13(10-14)20-11-17(22)21-16-9-12(18)6-7-15(16)19/h3-7,9-10,20H,2,8,11H2,1H3,(H,21,22). The van der Waals surface area contributed by atoms with Crippen LogP contribution in [0.1, 0.15) is 13.3 Å². The minimum absolute atomic E-state index is 0.111. The molecule has 4 nitrogen and oxygen atoms in total. The molecule has 0 fully saturated rings. The Labute approximate surface area is 145 Å². The molecule has 0 aliphatic carbocycles. The minimum atomic E-state index is -0.214. The van der Waals surface area contributed by atoms with Gasteiger partial charge >= 0.3 is 0 Å². The second-order valence-corrected chi connectivity index (χ2v) is 5.75. The summed E-state index contributed by atoms with van der Waals surface area (Å²) < 4.78 is 5.55. The summed E-state index contributed by atoms with van der Waals surface area (Å²) in [4.78, 5) is 12.0. The summed E-state index contributed by atoms with van der Waals surface area (Å²) in [7, 11) is 0. The third kappa shape index (κ3) is 5.66. The first-order valence-electron chi connectivity index (χ1n) is 7.30. The average Bonchev–Trinajstić information content (AvgIpc) is 2.55.